The number of carbonyl (C=O) groups excluding carboxylic acids is 3. The number of hydrogen-bond acceptors (Lipinski definition) is 5. The maximum atomic E-state index is 12.2. The molecule has 3 aliphatic rings. The van der Waals surface area contributed by atoms with Crippen molar-refractivity contribution in [2.24, 2.45) is 0 Å². The Morgan fingerprint density at radius 3 is 2.67 bits per heavy atom. The highest BCUT2D eigenvalue weighted by Crippen LogP contribution is 2.30. The van der Waals surface area contributed by atoms with Gasteiger partial charge in [0.25, 0.3) is 5.24 Å². The number of likely N-dealkylation sites (tertiary alicyclic amines) is 1. The lowest BCUT2D eigenvalue weighted by Crippen LogP contribution is -2.42. The Morgan fingerprint density at radius 1 is 1.24 bits per heavy atom. The molecule has 3 rings (SSSR count). The van der Waals surface area contributed by atoms with E-state index < -0.39 is 0 Å². The molecule has 7 heteroatoms. The summed E-state index contributed by atoms with van der Waals surface area (Å²) in [5.41, 5.74) is 0. The van der Waals surface area contributed by atoms with E-state index in [-0.39, 0.29) is 28.8 Å². The summed E-state index contributed by atoms with van der Waals surface area (Å²) >= 11 is 2.84. The molecule has 2 heterocycles. The third-order valence-electron chi connectivity index (χ3n) is 4.41. The summed E-state index contributed by atoms with van der Waals surface area (Å²) in [6.45, 7) is 1.18. The lowest BCUT2D eigenvalue weighted by atomic mass is 10.2. The molecule has 1 unspecified atom stereocenters. The van der Waals surface area contributed by atoms with E-state index in [0.29, 0.717) is 24.1 Å². The lowest BCUT2D eigenvalue weighted by molar-refractivity contribution is -0.129. The summed E-state index contributed by atoms with van der Waals surface area (Å²) < 4.78 is 0. The van der Waals surface area contributed by atoms with E-state index in [0.717, 1.165) is 18.2 Å². The number of hydrogen-bond donors (Lipinski definition) is 0. The average Bonchev–Trinajstić information content (AvgIpc) is 3.18. The fraction of sp³-hybridized carbons (Fsp3) is 0.786. The van der Waals surface area contributed by atoms with E-state index in [9.17, 15) is 14.4 Å². The van der Waals surface area contributed by atoms with Crippen molar-refractivity contribution in [3.8, 4) is 0 Å². The van der Waals surface area contributed by atoms with Gasteiger partial charge in [-0.3, -0.25) is 19.3 Å². The molecule has 0 aromatic rings. The number of nitrogens with zero attached hydrogens (tertiary/aromatic N) is 2. The molecule has 1 aliphatic carbocycles. The molecule has 3 amide bonds. The maximum absolute atomic E-state index is 12.2. The smallest absolute Gasteiger partial charge is 0.289 e. The number of imide groups is 1. The van der Waals surface area contributed by atoms with Crippen molar-refractivity contribution in [2.45, 2.75) is 43.4 Å². The van der Waals surface area contributed by atoms with Gasteiger partial charge in [0, 0.05) is 18.3 Å². The fourth-order valence-electron chi connectivity index (χ4n) is 3.23. The fourth-order valence-corrected chi connectivity index (χ4v) is 5.24. The molecule has 0 N–H and O–H groups in total. The summed E-state index contributed by atoms with van der Waals surface area (Å²) in [7, 11) is 0. The highest BCUT2D eigenvalue weighted by molar-refractivity contribution is 8.14. The Kier molecular flexibility index (Phi) is 4.78. The van der Waals surface area contributed by atoms with Gasteiger partial charge in [-0.05, 0) is 19.3 Å². The Morgan fingerprint density at radius 2 is 2.00 bits per heavy atom. The normalized spacial score (nSPS) is 27.1. The van der Waals surface area contributed by atoms with Crippen molar-refractivity contribution >= 4 is 40.6 Å². The topological polar surface area (TPSA) is 57.7 Å². The largest absolute Gasteiger partial charge is 0.340 e. The van der Waals surface area contributed by atoms with Gasteiger partial charge in [-0.25, -0.2) is 0 Å². The lowest BCUT2D eigenvalue weighted by Gasteiger charge is -2.22. The van der Waals surface area contributed by atoms with Gasteiger partial charge >= 0.3 is 0 Å². The van der Waals surface area contributed by atoms with Crippen molar-refractivity contribution in [3.05, 3.63) is 0 Å². The number of thioether (sulfide) groups is 2. The molecule has 21 heavy (non-hydrogen) atoms. The third-order valence-corrected chi connectivity index (χ3v) is 6.60. The van der Waals surface area contributed by atoms with Crippen LogP contribution in [0.4, 0.5) is 4.79 Å². The average molecular weight is 328 g/mol. The first-order chi connectivity index (χ1) is 10.1. The minimum Gasteiger partial charge on any atom is -0.340 e. The molecule has 2 aliphatic heterocycles. The standard InChI is InChI=1S/C14H20N2O3S2/c17-12(8-20-11-3-1-2-4-11)15-6-5-10(7-15)16-13(18)9-21-14(16)19/h10-11H,1-9H2. The Balaban J connectivity index is 1.48. The van der Waals surface area contributed by atoms with Crippen LogP contribution in [0.5, 0.6) is 0 Å². The molecule has 0 radical (unpaired) electrons. The number of carbonyl (C=O) groups is 3. The highest BCUT2D eigenvalue weighted by Gasteiger charge is 2.40. The van der Waals surface area contributed by atoms with Crippen LogP contribution in [-0.2, 0) is 9.59 Å². The Bertz CT molecular complexity index is 436. The molecule has 116 valence electrons. The van der Waals surface area contributed by atoms with Crippen molar-refractivity contribution < 1.29 is 14.4 Å². The SMILES string of the molecule is O=C(CSC1CCCC1)N1CCC(N2C(=O)CSC2=O)C1. The first-order valence-electron chi connectivity index (χ1n) is 7.53. The highest BCUT2D eigenvalue weighted by atomic mass is 32.2. The first-order valence-corrected chi connectivity index (χ1v) is 9.57. The summed E-state index contributed by atoms with van der Waals surface area (Å²) in [5.74, 6) is 0.834. The van der Waals surface area contributed by atoms with E-state index >= 15 is 0 Å². The first kappa shape index (κ1) is 15.2. The zero-order chi connectivity index (χ0) is 14.8. The van der Waals surface area contributed by atoms with Crippen molar-refractivity contribution in [2.75, 3.05) is 24.6 Å². The van der Waals surface area contributed by atoms with Crippen LogP contribution in [0, 0.1) is 0 Å². The van der Waals surface area contributed by atoms with Gasteiger partial charge in [-0.15, -0.1) is 11.8 Å². The second-order valence-corrected chi connectivity index (χ2v) is 8.03. The molecule has 3 fully saturated rings. The van der Waals surface area contributed by atoms with Crippen LogP contribution in [0.25, 0.3) is 0 Å². The molecule has 0 spiro atoms. The van der Waals surface area contributed by atoms with Gasteiger partial charge in [0.15, 0.2) is 0 Å². The second kappa shape index (κ2) is 6.60. The van der Waals surface area contributed by atoms with Crippen molar-refractivity contribution in [3.63, 3.8) is 0 Å². The molecule has 1 atom stereocenters. The Labute approximate surface area is 133 Å². The second-order valence-electron chi connectivity index (χ2n) is 5.82. The van der Waals surface area contributed by atoms with Crippen LogP contribution in [-0.4, -0.2) is 62.7 Å². The molecule has 2 saturated heterocycles. The summed E-state index contributed by atoms with van der Waals surface area (Å²) in [6.07, 6.45) is 5.75. The Hall–Kier alpha value is -0.690. The number of rotatable bonds is 4. The van der Waals surface area contributed by atoms with Crippen molar-refractivity contribution in [1.82, 2.24) is 9.80 Å². The summed E-state index contributed by atoms with van der Waals surface area (Å²) in [5, 5.41) is 0.491. The minimum atomic E-state index is -0.153. The van der Waals surface area contributed by atoms with Gasteiger partial charge in [0.1, 0.15) is 0 Å². The van der Waals surface area contributed by atoms with E-state index in [2.05, 4.69) is 0 Å². The predicted molar refractivity (Wildman–Crippen MR) is 84.4 cm³/mol. The zero-order valence-electron chi connectivity index (χ0n) is 12.0. The summed E-state index contributed by atoms with van der Waals surface area (Å²) in [4.78, 5) is 38.8. The van der Waals surface area contributed by atoms with Crippen LogP contribution in [0.15, 0.2) is 0 Å². The van der Waals surface area contributed by atoms with Gasteiger partial charge in [0.2, 0.25) is 11.8 Å². The van der Waals surface area contributed by atoms with Gasteiger partial charge in [0.05, 0.1) is 17.5 Å². The predicted octanol–water partition coefficient (Wildman–Crippen LogP) is 1.96. The van der Waals surface area contributed by atoms with E-state index in [1.165, 1.54) is 30.6 Å². The third kappa shape index (κ3) is 3.39. The zero-order valence-corrected chi connectivity index (χ0v) is 13.6. The molecule has 0 aromatic heterocycles. The van der Waals surface area contributed by atoms with Crippen molar-refractivity contribution in [1.29, 1.82) is 0 Å². The van der Waals surface area contributed by atoms with Gasteiger partial charge < -0.3 is 4.90 Å². The molecule has 5 nitrogen and oxygen atoms in total. The van der Waals surface area contributed by atoms with Crippen LogP contribution >= 0.6 is 23.5 Å². The maximum Gasteiger partial charge on any atom is 0.289 e. The molecule has 0 bridgehead atoms. The van der Waals surface area contributed by atoms with E-state index in [1.807, 2.05) is 4.90 Å². The van der Waals surface area contributed by atoms with E-state index in [1.54, 1.807) is 11.8 Å². The van der Waals surface area contributed by atoms with Crippen LogP contribution in [0.2, 0.25) is 0 Å². The quantitative estimate of drug-likeness (QED) is 0.789. The monoisotopic (exact) mass is 328 g/mol. The van der Waals surface area contributed by atoms with E-state index in [4.69, 9.17) is 0 Å². The minimum absolute atomic E-state index is 0.107. The van der Waals surface area contributed by atoms with Gasteiger partial charge in [-0.1, -0.05) is 24.6 Å². The molecule has 0 aromatic carbocycles. The van der Waals surface area contributed by atoms with Gasteiger partial charge in [-0.2, -0.15) is 0 Å². The van der Waals surface area contributed by atoms with Crippen LogP contribution in [0.3, 0.4) is 0 Å². The molecular weight excluding hydrogens is 308 g/mol. The molecular formula is C14H20N2O3S2. The number of amides is 3. The summed E-state index contributed by atoms with van der Waals surface area (Å²) in [6, 6.07) is -0.111. The van der Waals surface area contributed by atoms with Crippen LogP contribution in [0.1, 0.15) is 32.1 Å². The molecule has 1 saturated carbocycles. The van der Waals surface area contributed by atoms with Crippen LogP contribution < -0.4 is 0 Å².